The van der Waals surface area contributed by atoms with Crippen LogP contribution in [-0.2, 0) is 6.42 Å². The van der Waals surface area contributed by atoms with Crippen molar-refractivity contribution in [1.29, 1.82) is 0 Å². The number of benzene rings is 1. The summed E-state index contributed by atoms with van der Waals surface area (Å²) in [6.07, 6.45) is 1.39. The van der Waals surface area contributed by atoms with E-state index in [2.05, 4.69) is 15.3 Å². The van der Waals surface area contributed by atoms with Crippen LogP contribution in [0.3, 0.4) is 0 Å². The molecule has 0 unspecified atom stereocenters. The van der Waals surface area contributed by atoms with Crippen molar-refractivity contribution in [2.24, 2.45) is 0 Å². The molecule has 0 aliphatic heterocycles. The SMILES string of the molecule is Cc1nc(Oc2ccc3c(c2)CCC3=O)c2c(C)csc2n1. The van der Waals surface area contributed by atoms with Gasteiger partial charge in [0.1, 0.15) is 16.4 Å². The summed E-state index contributed by atoms with van der Waals surface area (Å²) >= 11 is 1.60. The fourth-order valence-electron chi connectivity index (χ4n) is 2.83. The number of fused-ring (bicyclic) bond motifs is 2. The summed E-state index contributed by atoms with van der Waals surface area (Å²) in [5, 5.41) is 3.03. The molecule has 0 bridgehead atoms. The van der Waals surface area contributed by atoms with Gasteiger partial charge in [-0.15, -0.1) is 11.3 Å². The van der Waals surface area contributed by atoms with Crippen LogP contribution in [0.2, 0.25) is 0 Å². The third-order valence-corrected chi connectivity index (χ3v) is 4.90. The van der Waals surface area contributed by atoms with Crippen LogP contribution in [-0.4, -0.2) is 15.8 Å². The fourth-order valence-corrected chi connectivity index (χ4v) is 3.79. The average Bonchev–Trinajstić information content (AvgIpc) is 3.03. The zero-order valence-electron chi connectivity index (χ0n) is 12.3. The van der Waals surface area contributed by atoms with Crippen molar-refractivity contribution in [3.05, 3.63) is 46.1 Å². The van der Waals surface area contributed by atoms with Gasteiger partial charge >= 0.3 is 0 Å². The summed E-state index contributed by atoms with van der Waals surface area (Å²) in [6, 6.07) is 5.64. The van der Waals surface area contributed by atoms with E-state index in [4.69, 9.17) is 4.74 Å². The Bertz CT molecular complexity index is 914. The van der Waals surface area contributed by atoms with Gasteiger partial charge in [0.15, 0.2) is 5.78 Å². The van der Waals surface area contributed by atoms with Gasteiger partial charge in [0.2, 0.25) is 5.88 Å². The maximum Gasteiger partial charge on any atom is 0.231 e. The van der Waals surface area contributed by atoms with Crippen molar-refractivity contribution in [3.8, 4) is 11.6 Å². The topological polar surface area (TPSA) is 52.1 Å². The molecular weight excluding hydrogens is 296 g/mol. The van der Waals surface area contributed by atoms with Gasteiger partial charge < -0.3 is 4.74 Å². The molecule has 3 aromatic rings. The summed E-state index contributed by atoms with van der Waals surface area (Å²) in [7, 11) is 0. The molecular formula is C17H14N2O2S. The lowest BCUT2D eigenvalue weighted by Crippen LogP contribution is -1.96. The van der Waals surface area contributed by atoms with Crippen molar-refractivity contribution < 1.29 is 9.53 Å². The highest BCUT2D eigenvalue weighted by molar-refractivity contribution is 7.17. The predicted octanol–water partition coefficient (Wildman–Crippen LogP) is 4.23. The fraction of sp³-hybridized carbons (Fsp3) is 0.235. The first-order valence-electron chi connectivity index (χ1n) is 7.18. The van der Waals surface area contributed by atoms with E-state index >= 15 is 0 Å². The van der Waals surface area contributed by atoms with Crippen LogP contribution in [0, 0.1) is 13.8 Å². The third-order valence-electron chi connectivity index (χ3n) is 3.91. The Morgan fingerprint density at radius 2 is 2.05 bits per heavy atom. The molecule has 0 atom stereocenters. The summed E-state index contributed by atoms with van der Waals surface area (Å²) in [4.78, 5) is 21.5. The quantitative estimate of drug-likeness (QED) is 0.711. The van der Waals surface area contributed by atoms with Gasteiger partial charge in [-0.25, -0.2) is 4.98 Å². The van der Waals surface area contributed by atoms with Crippen molar-refractivity contribution in [2.45, 2.75) is 26.7 Å². The van der Waals surface area contributed by atoms with Crippen LogP contribution in [0.15, 0.2) is 23.6 Å². The lowest BCUT2D eigenvalue weighted by atomic mass is 10.1. The van der Waals surface area contributed by atoms with Gasteiger partial charge in [-0.05, 0) is 55.0 Å². The second-order valence-electron chi connectivity index (χ2n) is 5.52. The number of Topliss-reactive ketones (excluding diaryl/α,β-unsaturated/α-hetero) is 1. The second-order valence-corrected chi connectivity index (χ2v) is 6.38. The van der Waals surface area contributed by atoms with Crippen molar-refractivity contribution >= 4 is 27.3 Å². The van der Waals surface area contributed by atoms with Gasteiger partial charge in [0, 0.05) is 12.0 Å². The van der Waals surface area contributed by atoms with Crippen LogP contribution >= 0.6 is 11.3 Å². The summed E-state index contributed by atoms with van der Waals surface area (Å²) in [5.74, 6) is 2.22. The van der Waals surface area contributed by atoms with Crippen molar-refractivity contribution in [2.75, 3.05) is 0 Å². The van der Waals surface area contributed by atoms with Gasteiger partial charge in [0.25, 0.3) is 0 Å². The molecule has 4 rings (SSSR count). The minimum Gasteiger partial charge on any atom is -0.438 e. The maximum atomic E-state index is 11.7. The number of nitrogens with zero attached hydrogens (tertiary/aromatic N) is 2. The Hall–Kier alpha value is -2.27. The average molecular weight is 310 g/mol. The van der Waals surface area contributed by atoms with E-state index in [9.17, 15) is 4.79 Å². The van der Waals surface area contributed by atoms with Crippen LogP contribution in [0.4, 0.5) is 0 Å². The van der Waals surface area contributed by atoms with Gasteiger partial charge in [-0.2, -0.15) is 4.98 Å². The minimum atomic E-state index is 0.218. The smallest absolute Gasteiger partial charge is 0.231 e. The largest absolute Gasteiger partial charge is 0.438 e. The molecule has 22 heavy (non-hydrogen) atoms. The number of hydrogen-bond donors (Lipinski definition) is 0. The molecule has 5 heteroatoms. The Balaban J connectivity index is 1.78. The van der Waals surface area contributed by atoms with E-state index < -0.39 is 0 Å². The van der Waals surface area contributed by atoms with Crippen LogP contribution in [0.1, 0.15) is 33.7 Å². The van der Waals surface area contributed by atoms with E-state index in [0.29, 0.717) is 18.1 Å². The summed E-state index contributed by atoms with van der Waals surface area (Å²) in [6.45, 7) is 3.90. The number of thiophene rings is 1. The molecule has 0 fully saturated rings. The van der Waals surface area contributed by atoms with Gasteiger partial charge in [-0.1, -0.05) is 0 Å². The number of aryl methyl sites for hydroxylation is 3. The molecule has 0 N–H and O–H groups in total. The van der Waals surface area contributed by atoms with Gasteiger partial charge in [-0.3, -0.25) is 4.79 Å². The zero-order chi connectivity index (χ0) is 15.3. The predicted molar refractivity (Wildman–Crippen MR) is 86.1 cm³/mol. The lowest BCUT2D eigenvalue weighted by Gasteiger charge is -2.09. The van der Waals surface area contributed by atoms with Gasteiger partial charge in [0.05, 0.1) is 5.39 Å². The van der Waals surface area contributed by atoms with E-state index in [1.807, 2.05) is 32.0 Å². The highest BCUT2D eigenvalue weighted by Gasteiger charge is 2.20. The third kappa shape index (κ3) is 2.09. The van der Waals surface area contributed by atoms with E-state index in [1.54, 1.807) is 11.3 Å². The van der Waals surface area contributed by atoms with Crippen molar-refractivity contribution in [3.63, 3.8) is 0 Å². The number of rotatable bonds is 2. The molecule has 0 saturated heterocycles. The highest BCUT2D eigenvalue weighted by atomic mass is 32.1. The second kappa shape index (κ2) is 4.88. The molecule has 1 aliphatic rings. The number of aromatic nitrogens is 2. The molecule has 110 valence electrons. The van der Waals surface area contributed by atoms with Crippen LogP contribution in [0.5, 0.6) is 11.6 Å². The Morgan fingerprint density at radius 1 is 1.18 bits per heavy atom. The normalized spacial score (nSPS) is 13.6. The molecule has 1 aliphatic carbocycles. The first-order valence-corrected chi connectivity index (χ1v) is 8.06. The maximum absolute atomic E-state index is 11.7. The zero-order valence-corrected chi connectivity index (χ0v) is 13.2. The van der Waals surface area contributed by atoms with Crippen molar-refractivity contribution in [1.82, 2.24) is 9.97 Å². The first kappa shape index (κ1) is 13.4. The number of ether oxygens (including phenoxy) is 1. The Labute approximate surface area is 131 Å². The Morgan fingerprint density at radius 3 is 2.91 bits per heavy atom. The molecule has 0 spiro atoms. The lowest BCUT2D eigenvalue weighted by molar-refractivity contribution is 0.0994. The standard InChI is InChI=1S/C17H14N2O2S/c1-9-8-22-17-15(9)16(18-10(2)19-17)21-12-4-5-13-11(7-12)3-6-14(13)20/h4-5,7-8H,3,6H2,1-2H3. The molecule has 0 radical (unpaired) electrons. The summed E-state index contributed by atoms with van der Waals surface area (Å²) < 4.78 is 6.02. The number of carbonyl (C=O) groups excluding carboxylic acids is 1. The minimum absolute atomic E-state index is 0.218. The summed E-state index contributed by atoms with van der Waals surface area (Å²) in [5.41, 5.74) is 3.00. The van der Waals surface area contributed by atoms with E-state index in [-0.39, 0.29) is 5.78 Å². The molecule has 1 aromatic carbocycles. The molecule has 0 saturated carbocycles. The molecule has 2 heterocycles. The Kier molecular flexibility index (Phi) is 2.97. The number of carbonyl (C=O) groups is 1. The van der Waals surface area contributed by atoms with Crippen LogP contribution < -0.4 is 4.74 Å². The highest BCUT2D eigenvalue weighted by Crippen LogP contribution is 2.35. The van der Waals surface area contributed by atoms with E-state index in [1.165, 1.54) is 0 Å². The van der Waals surface area contributed by atoms with Crippen LogP contribution in [0.25, 0.3) is 10.2 Å². The molecule has 0 amide bonds. The number of hydrogen-bond acceptors (Lipinski definition) is 5. The van der Waals surface area contributed by atoms with E-state index in [0.717, 1.165) is 39.1 Å². The number of ketones is 1. The molecule has 4 nitrogen and oxygen atoms in total. The first-order chi connectivity index (χ1) is 10.6. The molecule has 2 aromatic heterocycles. The monoisotopic (exact) mass is 310 g/mol.